The van der Waals surface area contributed by atoms with Crippen molar-refractivity contribution in [2.24, 2.45) is 0 Å². The molecule has 1 aliphatic rings. The number of H-pyrrole nitrogens is 1. The minimum atomic E-state index is -1.05. The fourth-order valence-electron chi connectivity index (χ4n) is 2.25. The maximum atomic E-state index is 12.2. The summed E-state index contributed by atoms with van der Waals surface area (Å²) in [4.78, 5) is 31.9. The molecular weight excluding hydrogens is 292 g/mol. The molecule has 1 fully saturated rings. The molecule has 1 aromatic rings. The molecule has 3 N–H and O–H groups in total. The van der Waals surface area contributed by atoms with Gasteiger partial charge in [-0.25, -0.2) is 14.6 Å². The quantitative estimate of drug-likeness (QED) is 0.768. The van der Waals surface area contributed by atoms with E-state index in [9.17, 15) is 14.7 Å². The number of amides is 2. The van der Waals surface area contributed by atoms with Crippen LogP contribution in [-0.2, 0) is 11.2 Å². The molecule has 0 saturated carbocycles. The van der Waals surface area contributed by atoms with E-state index >= 15 is 0 Å². The molecule has 0 aliphatic carbocycles. The van der Waals surface area contributed by atoms with Gasteiger partial charge in [-0.1, -0.05) is 0 Å². The van der Waals surface area contributed by atoms with Crippen LogP contribution < -0.4 is 5.32 Å². The number of hydrogen-bond acceptors (Lipinski definition) is 4. The molecule has 21 heavy (non-hydrogen) atoms. The second-order valence-electron chi connectivity index (χ2n) is 5.65. The number of nitrogens with zero attached hydrogens (tertiary/aromatic N) is 2. The number of aromatic amines is 1. The summed E-state index contributed by atoms with van der Waals surface area (Å²) in [5.74, 6) is -0.192. The van der Waals surface area contributed by atoms with Gasteiger partial charge < -0.3 is 20.3 Å². The number of carboxylic acids is 1. The van der Waals surface area contributed by atoms with Crippen LogP contribution in [0.3, 0.4) is 0 Å². The van der Waals surface area contributed by atoms with Crippen LogP contribution in [0.25, 0.3) is 0 Å². The SMILES string of the molecule is CC1(C)CN(C(=O)NC(Cc2cnc[nH]2)C(=O)O)CCS1. The predicted molar refractivity (Wildman–Crippen MR) is 80.4 cm³/mol. The number of hydrogen-bond donors (Lipinski definition) is 3. The number of nitrogens with one attached hydrogen (secondary N) is 2. The number of thioether (sulfide) groups is 1. The molecule has 1 aliphatic heterocycles. The summed E-state index contributed by atoms with van der Waals surface area (Å²) in [6.45, 7) is 5.41. The van der Waals surface area contributed by atoms with Gasteiger partial charge in [0.05, 0.1) is 6.33 Å². The highest BCUT2D eigenvalue weighted by atomic mass is 32.2. The number of carboxylic acid groups (broad SMARTS) is 1. The standard InChI is InChI=1S/C13H20N4O3S/c1-13(2)7-17(3-4-21-13)12(20)16-10(11(18)19)5-9-6-14-8-15-9/h6,8,10H,3-5,7H2,1-2H3,(H,14,15)(H,16,20)(H,18,19). The molecule has 1 saturated heterocycles. The Morgan fingerprint density at radius 3 is 2.95 bits per heavy atom. The maximum Gasteiger partial charge on any atom is 0.326 e. The lowest BCUT2D eigenvalue weighted by molar-refractivity contribution is -0.139. The van der Waals surface area contributed by atoms with Gasteiger partial charge in [0.25, 0.3) is 0 Å². The Morgan fingerprint density at radius 1 is 1.62 bits per heavy atom. The van der Waals surface area contributed by atoms with Gasteiger partial charge in [0.15, 0.2) is 0 Å². The van der Waals surface area contributed by atoms with Crippen LogP contribution in [0.1, 0.15) is 19.5 Å². The predicted octanol–water partition coefficient (Wildman–Crippen LogP) is 0.942. The zero-order chi connectivity index (χ0) is 15.5. The Morgan fingerprint density at radius 2 is 2.38 bits per heavy atom. The lowest BCUT2D eigenvalue weighted by Crippen LogP contribution is -2.54. The van der Waals surface area contributed by atoms with Crippen LogP contribution >= 0.6 is 11.8 Å². The molecule has 0 bridgehead atoms. The van der Waals surface area contributed by atoms with Crippen LogP contribution in [0.4, 0.5) is 4.79 Å². The molecule has 7 nitrogen and oxygen atoms in total. The first kappa shape index (κ1) is 15.7. The molecule has 2 heterocycles. The number of aliphatic carboxylic acids is 1. The van der Waals surface area contributed by atoms with Gasteiger partial charge in [-0.15, -0.1) is 0 Å². The van der Waals surface area contributed by atoms with E-state index < -0.39 is 12.0 Å². The second-order valence-corrected chi connectivity index (χ2v) is 7.45. The number of urea groups is 1. The van der Waals surface area contributed by atoms with Crippen LogP contribution in [0.5, 0.6) is 0 Å². The van der Waals surface area contributed by atoms with E-state index in [4.69, 9.17) is 0 Å². The van der Waals surface area contributed by atoms with Gasteiger partial charge in [0.1, 0.15) is 6.04 Å². The first-order valence-electron chi connectivity index (χ1n) is 6.77. The maximum absolute atomic E-state index is 12.2. The highest BCUT2D eigenvalue weighted by Crippen LogP contribution is 2.29. The van der Waals surface area contributed by atoms with Crippen molar-refractivity contribution in [3.63, 3.8) is 0 Å². The smallest absolute Gasteiger partial charge is 0.326 e. The van der Waals surface area contributed by atoms with Crippen molar-refractivity contribution in [3.05, 3.63) is 18.2 Å². The lowest BCUT2D eigenvalue weighted by atomic mass is 10.1. The largest absolute Gasteiger partial charge is 0.480 e. The van der Waals surface area contributed by atoms with Crippen LogP contribution in [0.15, 0.2) is 12.5 Å². The average molecular weight is 312 g/mol. The molecule has 2 amide bonds. The number of carbonyl (C=O) groups excluding carboxylic acids is 1. The van der Waals surface area contributed by atoms with E-state index in [0.29, 0.717) is 18.8 Å². The molecule has 116 valence electrons. The highest BCUT2D eigenvalue weighted by molar-refractivity contribution is 8.00. The van der Waals surface area contributed by atoms with E-state index in [0.717, 1.165) is 5.75 Å². The van der Waals surface area contributed by atoms with E-state index in [2.05, 4.69) is 29.1 Å². The molecule has 0 radical (unpaired) electrons. The molecule has 1 unspecified atom stereocenters. The summed E-state index contributed by atoms with van der Waals surface area (Å²) in [5, 5.41) is 11.8. The zero-order valence-corrected chi connectivity index (χ0v) is 12.9. The minimum Gasteiger partial charge on any atom is -0.480 e. The molecule has 1 atom stereocenters. The Kier molecular flexibility index (Phi) is 4.76. The van der Waals surface area contributed by atoms with Crippen molar-refractivity contribution in [1.29, 1.82) is 0 Å². The summed E-state index contributed by atoms with van der Waals surface area (Å²) >= 11 is 1.82. The van der Waals surface area contributed by atoms with Crippen molar-refractivity contribution in [2.75, 3.05) is 18.8 Å². The molecular formula is C13H20N4O3S. The van der Waals surface area contributed by atoms with Gasteiger partial charge in [-0.2, -0.15) is 11.8 Å². The summed E-state index contributed by atoms with van der Waals surface area (Å²) in [5.41, 5.74) is 0.678. The minimum absolute atomic E-state index is 0.00230. The average Bonchev–Trinajstić information content (AvgIpc) is 2.89. The number of carbonyl (C=O) groups is 2. The van der Waals surface area contributed by atoms with Crippen LogP contribution in [-0.4, -0.2) is 61.6 Å². The van der Waals surface area contributed by atoms with Gasteiger partial charge in [-0.05, 0) is 13.8 Å². The van der Waals surface area contributed by atoms with Crippen LogP contribution in [0.2, 0.25) is 0 Å². The normalized spacial score (nSPS) is 19.0. The Bertz CT molecular complexity index is 504. The van der Waals surface area contributed by atoms with E-state index in [1.54, 1.807) is 11.1 Å². The van der Waals surface area contributed by atoms with Gasteiger partial charge >= 0.3 is 12.0 Å². The third-order valence-electron chi connectivity index (χ3n) is 3.29. The first-order valence-corrected chi connectivity index (χ1v) is 7.75. The second kappa shape index (κ2) is 6.38. The van der Waals surface area contributed by atoms with Gasteiger partial charge in [-0.3, -0.25) is 0 Å². The van der Waals surface area contributed by atoms with Gasteiger partial charge in [0.2, 0.25) is 0 Å². The lowest BCUT2D eigenvalue weighted by Gasteiger charge is -2.37. The van der Waals surface area contributed by atoms with Crippen molar-refractivity contribution in [1.82, 2.24) is 20.2 Å². The van der Waals surface area contributed by atoms with Crippen molar-refractivity contribution >= 4 is 23.8 Å². The Labute approximate surface area is 127 Å². The topological polar surface area (TPSA) is 98.3 Å². The summed E-state index contributed by atoms with van der Waals surface area (Å²) in [6, 6.07) is -1.29. The molecule has 0 aromatic carbocycles. The third kappa shape index (κ3) is 4.38. The van der Waals surface area contributed by atoms with Gasteiger partial charge in [0, 0.05) is 41.9 Å². The fourth-order valence-corrected chi connectivity index (χ4v) is 3.36. The van der Waals surface area contributed by atoms with Crippen molar-refractivity contribution in [2.45, 2.75) is 31.1 Å². The molecule has 1 aromatic heterocycles. The zero-order valence-electron chi connectivity index (χ0n) is 12.1. The van der Waals surface area contributed by atoms with E-state index in [1.165, 1.54) is 6.33 Å². The summed E-state index contributed by atoms with van der Waals surface area (Å²) < 4.78 is -0.00230. The Hall–Kier alpha value is -1.70. The number of aromatic nitrogens is 2. The molecule has 2 rings (SSSR count). The third-order valence-corrected chi connectivity index (χ3v) is 4.58. The highest BCUT2D eigenvalue weighted by Gasteiger charge is 2.31. The van der Waals surface area contributed by atoms with Crippen molar-refractivity contribution < 1.29 is 14.7 Å². The number of rotatable bonds is 4. The van der Waals surface area contributed by atoms with Crippen molar-refractivity contribution in [3.8, 4) is 0 Å². The van der Waals surface area contributed by atoms with E-state index in [1.807, 2.05) is 11.8 Å². The molecule has 0 spiro atoms. The number of imidazole rings is 1. The Balaban J connectivity index is 1.96. The fraction of sp³-hybridized carbons (Fsp3) is 0.615. The molecule has 8 heteroatoms. The van der Waals surface area contributed by atoms with E-state index in [-0.39, 0.29) is 17.2 Å². The first-order chi connectivity index (χ1) is 9.87. The monoisotopic (exact) mass is 312 g/mol. The van der Waals surface area contributed by atoms with Crippen LogP contribution in [0, 0.1) is 0 Å². The summed E-state index contributed by atoms with van der Waals surface area (Å²) in [7, 11) is 0. The summed E-state index contributed by atoms with van der Waals surface area (Å²) in [6.07, 6.45) is 3.23.